The van der Waals surface area contributed by atoms with Crippen LogP contribution in [0.25, 0.3) is 10.8 Å². The molecular formula is C30H30ClFN2O4. The summed E-state index contributed by atoms with van der Waals surface area (Å²) < 4.78 is 26.0. The molecule has 38 heavy (non-hydrogen) atoms. The van der Waals surface area contributed by atoms with Gasteiger partial charge in [-0.05, 0) is 60.5 Å². The lowest BCUT2D eigenvalue weighted by atomic mass is 9.99. The molecule has 5 rings (SSSR count). The predicted octanol–water partition coefficient (Wildman–Crippen LogP) is 6.50. The minimum Gasteiger partial charge on any atom is -0.486 e. The van der Waals surface area contributed by atoms with Crippen LogP contribution in [0.2, 0.25) is 0 Å². The van der Waals surface area contributed by atoms with E-state index < -0.39 is 18.4 Å². The van der Waals surface area contributed by atoms with Gasteiger partial charge in [-0.15, -0.1) is 12.4 Å². The van der Waals surface area contributed by atoms with E-state index in [2.05, 4.69) is 54.7 Å². The molecule has 0 amide bonds. The Morgan fingerprint density at radius 2 is 1.87 bits per heavy atom. The highest BCUT2D eigenvalue weighted by molar-refractivity contribution is 5.86. The molecule has 1 heterocycles. The average Bonchev–Trinajstić information content (AvgIpc) is 2.91. The molecule has 1 aliphatic heterocycles. The topological polar surface area (TPSA) is 71.0 Å². The molecular weight excluding hydrogens is 507 g/mol. The van der Waals surface area contributed by atoms with Gasteiger partial charge in [0.15, 0.2) is 18.2 Å². The predicted molar refractivity (Wildman–Crippen MR) is 150 cm³/mol. The summed E-state index contributed by atoms with van der Waals surface area (Å²) in [5, 5.41) is 14.9. The lowest BCUT2D eigenvalue weighted by Gasteiger charge is -2.36. The highest BCUT2D eigenvalue weighted by Crippen LogP contribution is 2.39. The molecule has 6 nitrogen and oxygen atoms in total. The van der Waals surface area contributed by atoms with Crippen LogP contribution in [0.4, 0.5) is 15.8 Å². The molecule has 0 aliphatic carbocycles. The van der Waals surface area contributed by atoms with Crippen molar-refractivity contribution in [1.82, 2.24) is 5.32 Å². The van der Waals surface area contributed by atoms with Gasteiger partial charge < -0.3 is 24.8 Å². The monoisotopic (exact) mass is 536 g/mol. The third-order valence-electron chi connectivity index (χ3n) is 6.62. The van der Waals surface area contributed by atoms with E-state index in [0.717, 1.165) is 24.4 Å². The molecule has 4 aromatic rings. The maximum atomic E-state index is 14.7. The smallest absolute Gasteiger partial charge is 0.341 e. The molecule has 0 saturated carbocycles. The summed E-state index contributed by atoms with van der Waals surface area (Å²) in [5.41, 5.74) is 2.77. The van der Waals surface area contributed by atoms with Crippen molar-refractivity contribution < 1.29 is 23.8 Å². The zero-order valence-electron chi connectivity index (χ0n) is 21.0. The molecule has 2 atom stereocenters. The SMILES string of the molecule is C[C@@H](NCCC1CN(c2ccc(OCC(=O)O)c(F)c2)c2ccccc2O1)c1cccc2ccccc12.Cl. The van der Waals surface area contributed by atoms with Crippen LogP contribution in [0.15, 0.2) is 84.9 Å². The third-order valence-corrected chi connectivity index (χ3v) is 6.62. The highest BCUT2D eigenvalue weighted by Gasteiger charge is 2.27. The van der Waals surface area contributed by atoms with E-state index in [1.807, 2.05) is 29.2 Å². The summed E-state index contributed by atoms with van der Waals surface area (Å²) in [5.74, 6) is -1.11. The van der Waals surface area contributed by atoms with Crippen LogP contribution in [0.5, 0.6) is 11.5 Å². The lowest BCUT2D eigenvalue weighted by Crippen LogP contribution is -2.39. The summed E-state index contributed by atoms with van der Waals surface area (Å²) in [7, 11) is 0. The fourth-order valence-electron chi connectivity index (χ4n) is 4.81. The Balaban J connectivity index is 0.00000336. The number of halogens is 2. The van der Waals surface area contributed by atoms with Crippen LogP contribution < -0.4 is 19.7 Å². The largest absolute Gasteiger partial charge is 0.486 e. The number of para-hydroxylation sites is 2. The normalized spacial score (nSPS) is 15.2. The van der Waals surface area contributed by atoms with Crippen LogP contribution in [-0.4, -0.2) is 36.9 Å². The Morgan fingerprint density at radius 1 is 1.11 bits per heavy atom. The summed E-state index contributed by atoms with van der Waals surface area (Å²) in [6.45, 7) is 2.88. The second-order valence-corrected chi connectivity index (χ2v) is 9.15. The maximum absolute atomic E-state index is 14.7. The molecule has 1 unspecified atom stereocenters. The van der Waals surface area contributed by atoms with Crippen molar-refractivity contribution in [3.63, 3.8) is 0 Å². The number of anilines is 2. The van der Waals surface area contributed by atoms with Crippen LogP contribution >= 0.6 is 12.4 Å². The lowest BCUT2D eigenvalue weighted by molar-refractivity contribution is -0.139. The Bertz CT molecular complexity index is 1410. The minimum atomic E-state index is -1.16. The molecule has 1 aliphatic rings. The fourth-order valence-corrected chi connectivity index (χ4v) is 4.81. The molecule has 0 bridgehead atoms. The number of hydrogen-bond donors (Lipinski definition) is 2. The molecule has 0 aromatic heterocycles. The van der Waals surface area contributed by atoms with Gasteiger partial charge in [-0.2, -0.15) is 0 Å². The van der Waals surface area contributed by atoms with Crippen molar-refractivity contribution in [1.29, 1.82) is 0 Å². The number of carboxylic acids is 1. The van der Waals surface area contributed by atoms with E-state index in [9.17, 15) is 9.18 Å². The van der Waals surface area contributed by atoms with Gasteiger partial charge in [0, 0.05) is 17.8 Å². The van der Waals surface area contributed by atoms with Gasteiger partial charge >= 0.3 is 5.97 Å². The number of benzene rings is 4. The van der Waals surface area contributed by atoms with Crippen LogP contribution in [0, 0.1) is 5.82 Å². The highest BCUT2D eigenvalue weighted by atomic mass is 35.5. The number of rotatable bonds is 9. The number of ether oxygens (including phenoxy) is 2. The van der Waals surface area contributed by atoms with Gasteiger partial charge in [-0.25, -0.2) is 9.18 Å². The Kier molecular flexibility index (Phi) is 8.71. The molecule has 2 N–H and O–H groups in total. The van der Waals surface area contributed by atoms with Crippen molar-refractivity contribution in [3.05, 3.63) is 96.3 Å². The first kappa shape index (κ1) is 27.2. The molecule has 0 spiro atoms. The van der Waals surface area contributed by atoms with Crippen molar-refractivity contribution in [3.8, 4) is 11.5 Å². The van der Waals surface area contributed by atoms with E-state index in [1.165, 1.54) is 28.5 Å². The van der Waals surface area contributed by atoms with Gasteiger partial charge in [0.1, 0.15) is 11.9 Å². The standard InChI is InChI=1S/C30H29FN2O4.ClH/c1-20(24-10-6-8-21-7-2-3-9-25(21)24)32-16-15-23-18-33(27-11-4-5-12-29(27)37-23)22-13-14-28(26(31)17-22)36-19-30(34)35;/h2-14,17,20,23,32H,15-16,18-19H2,1H3,(H,34,35);1H/t20-,23?;/m1./s1. The summed E-state index contributed by atoms with van der Waals surface area (Å²) >= 11 is 0. The quantitative estimate of drug-likeness (QED) is 0.254. The third kappa shape index (κ3) is 6.01. The molecule has 4 aromatic carbocycles. The molecule has 0 saturated heterocycles. The van der Waals surface area contributed by atoms with Gasteiger partial charge in [0.05, 0.1) is 12.2 Å². The molecule has 198 valence electrons. The average molecular weight is 537 g/mol. The van der Waals surface area contributed by atoms with Crippen molar-refractivity contribution in [2.75, 3.05) is 24.6 Å². The Labute approximate surface area is 227 Å². The Hall–Kier alpha value is -3.81. The maximum Gasteiger partial charge on any atom is 0.341 e. The van der Waals surface area contributed by atoms with Crippen LogP contribution in [0.1, 0.15) is 24.9 Å². The second kappa shape index (κ2) is 12.2. The first-order valence-electron chi connectivity index (χ1n) is 12.4. The molecule has 0 radical (unpaired) electrons. The Morgan fingerprint density at radius 3 is 2.68 bits per heavy atom. The molecule has 8 heteroatoms. The van der Waals surface area contributed by atoms with Crippen LogP contribution in [0.3, 0.4) is 0 Å². The second-order valence-electron chi connectivity index (χ2n) is 9.15. The number of nitrogens with zero attached hydrogens (tertiary/aromatic N) is 1. The zero-order chi connectivity index (χ0) is 25.8. The van der Waals surface area contributed by atoms with Gasteiger partial charge in [0.2, 0.25) is 0 Å². The number of aliphatic carboxylic acids is 1. The number of nitrogens with one attached hydrogen (secondary N) is 1. The van der Waals surface area contributed by atoms with Crippen molar-refractivity contribution in [2.45, 2.75) is 25.5 Å². The van der Waals surface area contributed by atoms with Gasteiger partial charge in [0.25, 0.3) is 0 Å². The van der Waals surface area contributed by atoms with E-state index in [0.29, 0.717) is 12.2 Å². The van der Waals surface area contributed by atoms with Gasteiger partial charge in [-0.1, -0.05) is 54.6 Å². The summed E-state index contributed by atoms with van der Waals surface area (Å²) in [6, 6.07) is 27.2. The first-order chi connectivity index (χ1) is 18.0. The minimum absolute atomic E-state index is 0. The number of carbonyl (C=O) groups is 1. The van der Waals surface area contributed by atoms with Crippen molar-refractivity contribution in [2.24, 2.45) is 0 Å². The van der Waals surface area contributed by atoms with E-state index in [4.69, 9.17) is 14.6 Å². The number of hydrogen-bond acceptors (Lipinski definition) is 5. The van der Waals surface area contributed by atoms with E-state index in [-0.39, 0.29) is 30.3 Å². The first-order valence-corrected chi connectivity index (χ1v) is 12.4. The summed E-state index contributed by atoms with van der Waals surface area (Å²) in [6.07, 6.45) is 0.663. The zero-order valence-corrected chi connectivity index (χ0v) is 21.8. The van der Waals surface area contributed by atoms with E-state index in [1.54, 1.807) is 6.07 Å². The summed E-state index contributed by atoms with van der Waals surface area (Å²) in [4.78, 5) is 12.8. The van der Waals surface area contributed by atoms with Crippen LogP contribution in [-0.2, 0) is 4.79 Å². The molecule has 0 fully saturated rings. The van der Waals surface area contributed by atoms with E-state index >= 15 is 0 Å². The van der Waals surface area contributed by atoms with Gasteiger partial charge in [-0.3, -0.25) is 0 Å². The number of fused-ring (bicyclic) bond motifs is 2. The number of carboxylic acid groups (broad SMARTS) is 1. The van der Waals surface area contributed by atoms with Crippen molar-refractivity contribution >= 4 is 40.5 Å². The fraction of sp³-hybridized carbons (Fsp3) is 0.233.